The Bertz CT molecular complexity index is 614. The Morgan fingerprint density at radius 3 is 2.64 bits per heavy atom. The molecule has 0 radical (unpaired) electrons. The third-order valence-corrected chi connectivity index (χ3v) is 3.20. The summed E-state index contributed by atoms with van der Waals surface area (Å²) in [5.74, 6) is -0.654. The number of unbranched alkanes of at least 4 members (excludes halogenated alkanes) is 2. The van der Waals surface area contributed by atoms with Crippen LogP contribution in [0.2, 0.25) is 0 Å². The third kappa shape index (κ3) is 4.84. The Morgan fingerprint density at radius 2 is 1.91 bits per heavy atom. The van der Waals surface area contributed by atoms with Gasteiger partial charge in [-0.2, -0.15) is 0 Å². The molecule has 4 nitrogen and oxygen atoms in total. The van der Waals surface area contributed by atoms with Crippen molar-refractivity contribution in [3.8, 4) is 0 Å². The average molecular weight is 301 g/mol. The van der Waals surface area contributed by atoms with E-state index in [2.05, 4.69) is 22.5 Å². The molecule has 116 valence electrons. The Balaban J connectivity index is 1.96. The summed E-state index contributed by atoms with van der Waals surface area (Å²) in [4.78, 5) is 16.2. The lowest BCUT2D eigenvalue weighted by Gasteiger charge is -2.08. The van der Waals surface area contributed by atoms with Crippen molar-refractivity contribution < 1.29 is 9.18 Å². The molecule has 1 aromatic heterocycles. The molecule has 1 aromatic carbocycles. The van der Waals surface area contributed by atoms with E-state index in [0.29, 0.717) is 11.4 Å². The van der Waals surface area contributed by atoms with Crippen LogP contribution in [0.25, 0.3) is 0 Å². The van der Waals surface area contributed by atoms with Gasteiger partial charge in [-0.1, -0.05) is 19.8 Å². The van der Waals surface area contributed by atoms with Gasteiger partial charge in [-0.25, -0.2) is 4.39 Å². The van der Waals surface area contributed by atoms with Gasteiger partial charge < -0.3 is 10.6 Å². The Hall–Kier alpha value is -2.43. The second-order valence-corrected chi connectivity index (χ2v) is 5.02. The molecule has 0 atom stereocenters. The third-order valence-electron chi connectivity index (χ3n) is 3.20. The maximum atomic E-state index is 12.8. The molecule has 2 rings (SSSR count). The lowest BCUT2D eigenvalue weighted by molar-refractivity contribution is 0.102. The number of aromatic nitrogens is 1. The molecule has 22 heavy (non-hydrogen) atoms. The summed E-state index contributed by atoms with van der Waals surface area (Å²) < 4.78 is 12.8. The van der Waals surface area contributed by atoms with Gasteiger partial charge in [0.15, 0.2) is 0 Å². The van der Waals surface area contributed by atoms with Crippen LogP contribution in [0.1, 0.15) is 36.7 Å². The van der Waals surface area contributed by atoms with Crippen LogP contribution >= 0.6 is 0 Å². The van der Waals surface area contributed by atoms with Crippen LogP contribution in [-0.4, -0.2) is 17.4 Å². The van der Waals surface area contributed by atoms with E-state index >= 15 is 0 Å². The molecule has 0 unspecified atom stereocenters. The maximum Gasteiger partial charge on any atom is 0.274 e. The number of carbonyl (C=O) groups excluding carboxylic acids is 1. The van der Waals surface area contributed by atoms with Crippen molar-refractivity contribution in [2.45, 2.75) is 26.2 Å². The van der Waals surface area contributed by atoms with E-state index in [0.717, 1.165) is 18.7 Å². The molecule has 2 N–H and O–H groups in total. The van der Waals surface area contributed by atoms with E-state index < -0.39 is 0 Å². The molecule has 1 amide bonds. The summed E-state index contributed by atoms with van der Waals surface area (Å²) >= 11 is 0. The zero-order chi connectivity index (χ0) is 15.8. The monoisotopic (exact) mass is 301 g/mol. The van der Waals surface area contributed by atoms with Crippen LogP contribution in [-0.2, 0) is 0 Å². The van der Waals surface area contributed by atoms with Crippen LogP contribution < -0.4 is 10.6 Å². The van der Waals surface area contributed by atoms with E-state index in [4.69, 9.17) is 0 Å². The Labute approximate surface area is 129 Å². The second-order valence-electron chi connectivity index (χ2n) is 5.02. The molecule has 0 aliphatic heterocycles. The van der Waals surface area contributed by atoms with E-state index in [1.165, 1.54) is 37.1 Å². The molecule has 0 fully saturated rings. The van der Waals surface area contributed by atoms with E-state index in [-0.39, 0.29) is 11.7 Å². The fourth-order valence-corrected chi connectivity index (χ4v) is 2.00. The average Bonchev–Trinajstić information content (AvgIpc) is 2.54. The van der Waals surface area contributed by atoms with Crippen molar-refractivity contribution in [2.24, 2.45) is 0 Å². The predicted octanol–water partition coefficient (Wildman–Crippen LogP) is 4.08. The molecule has 1 heterocycles. The zero-order valence-electron chi connectivity index (χ0n) is 12.6. The highest BCUT2D eigenvalue weighted by molar-refractivity contribution is 6.03. The van der Waals surface area contributed by atoms with Crippen molar-refractivity contribution in [3.05, 3.63) is 54.1 Å². The maximum absolute atomic E-state index is 12.8. The number of amides is 1. The fraction of sp³-hybridized carbons (Fsp3) is 0.294. The molecule has 0 saturated heterocycles. The zero-order valence-corrected chi connectivity index (χ0v) is 12.6. The molecule has 0 bridgehead atoms. The molecule has 0 saturated carbocycles. The number of halogens is 1. The van der Waals surface area contributed by atoms with Crippen molar-refractivity contribution in [1.29, 1.82) is 0 Å². The van der Waals surface area contributed by atoms with Gasteiger partial charge >= 0.3 is 0 Å². The predicted molar refractivity (Wildman–Crippen MR) is 86.6 cm³/mol. The summed E-state index contributed by atoms with van der Waals surface area (Å²) in [6.07, 6.45) is 5.04. The number of carbonyl (C=O) groups is 1. The summed E-state index contributed by atoms with van der Waals surface area (Å²) in [6, 6.07) is 9.18. The molecular formula is C17H20FN3O. The van der Waals surface area contributed by atoms with Crippen molar-refractivity contribution >= 4 is 17.3 Å². The minimum absolute atomic E-state index is 0.316. The van der Waals surface area contributed by atoms with Crippen LogP contribution in [0.5, 0.6) is 0 Å². The van der Waals surface area contributed by atoms with Crippen LogP contribution in [0.4, 0.5) is 15.8 Å². The lowest BCUT2D eigenvalue weighted by atomic mass is 10.2. The fourth-order valence-electron chi connectivity index (χ4n) is 2.00. The highest BCUT2D eigenvalue weighted by Gasteiger charge is 2.08. The first-order valence-corrected chi connectivity index (χ1v) is 7.46. The van der Waals surface area contributed by atoms with Gasteiger partial charge in [0.2, 0.25) is 0 Å². The lowest BCUT2D eigenvalue weighted by Crippen LogP contribution is -2.14. The Morgan fingerprint density at radius 1 is 1.14 bits per heavy atom. The molecular weight excluding hydrogens is 281 g/mol. The standard InChI is InChI=1S/C17H20FN3O/c1-2-3-4-10-19-15-9-11-20-16(12-15)17(22)21-14-7-5-13(18)6-8-14/h5-9,11-12H,2-4,10H2,1H3,(H,19,20)(H,21,22). The van der Waals surface area contributed by atoms with Gasteiger partial charge in [-0.3, -0.25) is 9.78 Å². The van der Waals surface area contributed by atoms with Crippen molar-refractivity contribution in [2.75, 3.05) is 17.2 Å². The number of anilines is 2. The number of rotatable bonds is 7. The topological polar surface area (TPSA) is 54.0 Å². The van der Waals surface area contributed by atoms with E-state index in [9.17, 15) is 9.18 Å². The van der Waals surface area contributed by atoms with Gasteiger partial charge in [0.25, 0.3) is 5.91 Å². The van der Waals surface area contributed by atoms with Gasteiger partial charge in [0.05, 0.1) is 0 Å². The number of nitrogens with zero attached hydrogens (tertiary/aromatic N) is 1. The van der Waals surface area contributed by atoms with Gasteiger partial charge in [0, 0.05) is 24.1 Å². The highest BCUT2D eigenvalue weighted by atomic mass is 19.1. The number of benzene rings is 1. The quantitative estimate of drug-likeness (QED) is 0.758. The van der Waals surface area contributed by atoms with E-state index in [1.54, 1.807) is 12.3 Å². The normalized spacial score (nSPS) is 10.3. The summed E-state index contributed by atoms with van der Waals surface area (Å²) in [5, 5.41) is 5.97. The number of hydrogen-bond donors (Lipinski definition) is 2. The minimum atomic E-state index is -0.339. The second kappa shape index (κ2) is 8.12. The van der Waals surface area contributed by atoms with E-state index in [1.807, 2.05) is 6.07 Å². The van der Waals surface area contributed by atoms with Crippen LogP contribution in [0.3, 0.4) is 0 Å². The SMILES string of the molecule is CCCCCNc1ccnc(C(=O)Nc2ccc(F)cc2)c1. The highest BCUT2D eigenvalue weighted by Crippen LogP contribution is 2.12. The molecule has 5 heteroatoms. The molecule has 0 aliphatic rings. The first-order chi connectivity index (χ1) is 10.7. The molecule has 0 spiro atoms. The van der Waals surface area contributed by atoms with Gasteiger partial charge in [-0.05, 0) is 42.8 Å². The first kappa shape index (κ1) is 15.9. The van der Waals surface area contributed by atoms with Crippen molar-refractivity contribution in [3.63, 3.8) is 0 Å². The van der Waals surface area contributed by atoms with Gasteiger partial charge in [-0.15, -0.1) is 0 Å². The smallest absolute Gasteiger partial charge is 0.274 e. The summed E-state index contributed by atoms with van der Waals surface area (Å²) in [5.41, 5.74) is 1.73. The number of pyridine rings is 1. The Kier molecular flexibility index (Phi) is 5.89. The van der Waals surface area contributed by atoms with Gasteiger partial charge in [0.1, 0.15) is 11.5 Å². The first-order valence-electron chi connectivity index (χ1n) is 7.46. The summed E-state index contributed by atoms with van der Waals surface area (Å²) in [6.45, 7) is 3.03. The number of nitrogens with one attached hydrogen (secondary N) is 2. The van der Waals surface area contributed by atoms with Crippen LogP contribution in [0, 0.1) is 5.82 Å². The van der Waals surface area contributed by atoms with Crippen molar-refractivity contribution in [1.82, 2.24) is 4.98 Å². The molecule has 2 aromatic rings. The number of hydrogen-bond acceptors (Lipinski definition) is 3. The molecule has 0 aliphatic carbocycles. The van der Waals surface area contributed by atoms with Crippen LogP contribution in [0.15, 0.2) is 42.6 Å². The summed E-state index contributed by atoms with van der Waals surface area (Å²) in [7, 11) is 0. The largest absolute Gasteiger partial charge is 0.385 e. The minimum Gasteiger partial charge on any atom is -0.385 e.